The third-order valence-corrected chi connectivity index (χ3v) is 4.01. The molecule has 0 aliphatic heterocycles. The Hall–Kier alpha value is -2.42. The van der Waals surface area contributed by atoms with Crippen LogP contribution in [-0.4, -0.2) is 95.7 Å². The van der Waals surface area contributed by atoms with E-state index in [1.165, 1.54) is 12.1 Å². The molecular formula is C20H33N3O10. The SMILES string of the molecule is CCOCCOCCOCCOCCOCCOCCNc1ccc([N+](=O)[O-])cc1[N+](=O)[O-]. The van der Waals surface area contributed by atoms with E-state index in [9.17, 15) is 20.2 Å². The molecule has 0 saturated carbocycles. The minimum absolute atomic E-state index is 0.195. The molecule has 0 aromatic heterocycles. The van der Waals surface area contributed by atoms with Crippen LogP contribution >= 0.6 is 0 Å². The molecule has 0 atom stereocenters. The van der Waals surface area contributed by atoms with Crippen LogP contribution in [0.2, 0.25) is 0 Å². The highest BCUT2D eigenvalue weighted by atomic mass is 16.6. The van der Waals surface area contributed by atoms with Crippen molar-refractivity contribution in [3.05, 3.63) is 38.4 Å². The van der Waals surface area contributed by atoms with Crippen LogP contribution in [-0.2, 0) is 28.4 Å². The maximum atomic E-state index is 11.1. The summed E-state index contributed by atoms with van der Waals surface area (Å²) in [6, 6.07) is 3.44. The average Bonchev–Trinajstić information content (AvgIpc) is 2.80. The molecule has 0 fully saturated rings. The summed E-state index contributed by atoms with van der Waals surface area (Å²) in [7, 11) is 0. The van der Waals surface area contributed by atoms with Gasteiger partial charge in [0.05, 0.1) is 88.6 Å². The second kappa shape index (κ2) is 19.1. The standard InChI is InChI=1S/C20H33N3O10/c1-2-28-7-8-30-11-12-32-15-16-33-14-13-31-10-9-29-6-5-21-19-4-3-18(22(24)25)17-20(19)23(26)27/h3-4,17,21H,2,5-16H2,1H3. The number of nitrogens with zero attached hydrogens (tertiary/aromatic N) is 2. The molecule has 0 bridgehead atoms. The van der Waals surface area contributed by atoms with Crippen molar-refractivity contribution >= 4 is 17.1 Å². The number of ether oxygens (including phenoxy) is 6. The maximum absolute atomic E-state index is 11.1. The van der Waals surface area contributed by atoms with Gasteiger partial charge in [-0.05, 0) is 13.0 Å². The molecule has 0 heterocycles. The normalized spacial score (nSPS) is 10.9. The van der Waals surface area contributed by atoms with Gasteiger partial charge in [0.25, 0.3) is 11.4 Å². The molecule has 1 aromatic carbocycles. The highest BCUT2D eigenvalue weighted by molar-refractivity contribution is 5.65. The summed E-state index contributed by atoms with van der Waals surface area (Å²) in [4.78, 5) is 20.5. The summed E-state index contributed by atoms with van der Waals surface area (Å²) in [5.41, 5.74) is -0.500. The first-order valence-corrected chi connectivity index (χ1v) is 10.7. The smallest absolute Gasteiger partial charge is 0.299 e. The Balaban J connectivity index is 1.92. The zero-order valence-electron chi connectivity index (χ0n) is 18.9. The number of nitro benzene ring substituents is 2. The van der Waals surface area contributed by atoms with Gasteiger partial charge in [0.1, 0.15) is 5.69 Å². The first-order chi connectivity index (χ1) is 16.1. The Kier molecular flexibility index (Phi) is 16.5. The molecule has 1 rings (SSSR count). The van der Waals surface area contributed by atoms with Crippen molar-refractivity contribution in [1.82, 2.24) is 0 Å². The van der Waals surface area contributed by atoms with Crippen LogP contribution < -0.4 is 5.32 Å². The van der Waals surface area contributed by atoms with Gasteiger partial charge in [0.15, 0.2) is 0 Å². The predicted molar refractivity (Wildman–Crippen MR) is 119 cm³/mol. The maximum Gasteiger partial charge on any atom is 0.299 e. The van der Waals surface area contributed by atoms with Crippen LogP contribution in [0, 0.1) is 20.2 Å². The van der Waals surface area contributed by atoms with Crippen LogP contribution in [0.1, 0.15) is 6.92 Å². The molecule has 0 unspecified atom stereocenters. The van der Waals surface area contributed by atoms with Crippen molar-refractivity contribution in [2.45, 2.75) is 6.92 Å². The molecule has 1 aromatic rings. The lowest BCUT2D eigenvalue weighted by molar-refractivity contribution is -0.393. The topological polar surface area (TPSA) is 154 Å². The molecule has 0 radical (unpaired) electrons. The summed E-state index contributed by atoms with van der Waals surface area (Å²) in [5.74, 6) is 0. The number of nitrogens with one attached hydrogen (secondary N) is 1. The number of benzene rings is 1. The Morgan fingerprint density at radius 3 is 1.58 bits per heavy atom. The predicted octanol–water partition coefficient (Wildman–Crippen LogP) is 2.03. The van der Waals surface area contributed by atoms with E-state index in [-0.39, 0.29) is 17.1 Å². The zero-order chi connectivity index (χ0) is 24.2. The van der Waals surface area contributed by atoms with Crippen molar-refractivity contribution in [3.63, 3.8) is 0 Å². The fourth-order valence-electron chi connectivity index (χ4n) is 2.44. The van der Waals surface area contributed by atoms with E-state index >= 15 is 0 Å². The molecule has 1 N–H and O–H groups in total. The number of rotatable bonds is 22. The molecule has 0 saturated heterocycles. The first-order valence-electron chi connectivity index (χ1n) is 10.7. The molecule has 13 nitrogen and oxygen atoms in total. The molecule has 13 heteroatoms. The van der Waals surface area contributed by atoms with E-state index in [4.69, 9.17) is 28.4 Å². The molecule has 33 heavy (non-hydrogen) atoms. The number of nitro groups is 2. The molecule has 0 spiro atoms. The van der Waals surface area contributed by atoms with Gasteiger partial charge in [-0.1, -0.05) is 0 Å². The Morgan fingerprint density at radius 1 is 0.697 bits per heavy atom. The fraction of sp³-hybridized carbons (Fsp3) is 0.700. The Labute approximate surface area is 192 Å². The van der Waals surface area contributed by atoms with Gasteiger partial charge in [0, 0.05) is 19.2 Å². The third kappa shape index (κ3) is 14.4. The zero-order valence-corrected chi connectivity index (χ0v) is 18.9. The van der Waals surface area contributed by atoms with Gasteiger partial charge < -0.3 is 33.7 Å². The van der Waals surface area contributed by atoms with Crippen molar-refractivity contribution in [2.75, 3.05) is 91.1 Å². The van der Waals surface area contributed by atoms with E-state index in [1.54, 1.807) is 0 Å². The minimum Gasteiger partial charge on any atom is -0.379 e. The lowest BCUT2D eigenvalue weighted by Crippen LogP contribution is -2.15. The largest absolute Gasteiger partial charge is 0.379 e. The summed E-state index contributed by atoms with van der Waals surface area (Å²) in [5, 5.41) is 24.6. The van der Waals surface area contributed by atoms with Gasteiger partial charge in [0.2, 0.25) is 0 Å². The van der Waals surface area contributed by atoms with Gasteiger partial charge in [-0.2, -0.15) is 0 Å². The molecular weight excluding hydrogens is 442 g/mol. The second-order valence-electron chi connectivity index (χ2n) is 6.40. The second-order valence-corrected chi connectivity index (χ2v) is 6.40. The van der Waals surface area contributed by atoms with Crippen LogP contribution in [0.25, 0.3) is 0 Å². The van der Waals surface area contributed by atoms with E-state index in [0.717, 1.165) is 6.07 Å². The summed E-state index contributed by atoms with van der Waals surface area (Å²) < 4.78 is 32.0. The van der Waals surface area contributed by atoms with Crippen molar-refractivity contribution in [1.29, 1.82) is 0 Å². The first kappa shape index (κ1) is 28.6. The Bertz CT molecular complexity index is 677. The molecule has 0 aliphatic rings. The highest BCUT2D eigenvalue weighted by Gasteiger charge is 2.18. The Morgan fingerprint density at radius 2 is 1.15 bits per heavy atom. The molecule has 0 aliphatic carbocycles. The van der Waals surface area contributed by atoms with Gasteiger partial charge >= 0.3 is 0 Å². The fourth-order valence-corrected chi connectivity index (χ4v) is 2.44. The van der Waals surface area contributed by atoms with Crippen LogP contribution in [0.5, 0.6) is 0 Å². The highest BCUT2D eigenvalue weighted by Crippen LogP contribution is 2.28. The van der Waals surface area contributed by atoms with Crippen LogP contribution in [0.4, 0.5) is 17.1 Å². The number of anilines is 1. The number of hydrogen-bond acceptors (Lipinski definition) is 11. The minimum atomic E-state index is -0.679. The van der Waals surface area contributed by atoms with Crippen molar-refractivity contribution in [2.24, 2.45) is 0 Å². The lowest BCUT2D eigenvalue weighted by atomic mass is 10.2. The number of non-ortho nitro benzene ring substituents is 1. The van der Waals surface area contributed by atoms with E-state index < -0.39 is 9.85 Å². The van der Waals surface area contributed by atoms with Gasteiger partial charge in [-0.3, -0.25) is 20.2 Å². The van der Waals surface area contributed by atoms with E-state index in [2.05, 4.69) is 5.32 Å². The lowest BCUT2D eigenvalue weighted by Gasteiger charge is -2.09. The average molecular weight is 475 g/mol. The van der Waals surface area contributed by atoms with Gasteiger partial charge in [-0.25, -0.2) is 0 Å². The van der Waals surface area contributed by atoms with E-state index in [0.29, 0.717) is 85.8 Å². The van der Waals surface area contributed by atoms with Gasteiger partial charge in [-0.15, -0.1) is 0 Å². The quantitative estimate of drug-likeness (QED) is 0.149. The van der Waals surface area contributed by atoms with Crippen LogP contribution in [0.3, 0.4) is 0 Å². The summed E-state index contributed by atoms with van der Waals surface area (Å²) in [6.07, 6.45) is 0. The molecule has 188 valence electrons. The third-order valence-electron chi connectivity index (χ3n) is 4.01. The van der Waals surface area contributed by atoms with Crippen molar-refractivity contribution in [3.8, 4) is 0 Å². The van der Waals surface area contributed by atoms with Crippen LogP contribution in [0.15, 0.2) is 18.2 Å². The van der Waals surface area contributed by atoms with E-state index in [1.807, 2.05) is 6.92 Å². The molecule has 0 amide bonds. The van der Waals surface area contributed by atoms with Crippen molar-refractivity contribution < 1.29 is 38.3 Å². The summed E-state index contributed by atoms with van der Waals surface area (Å²) >= 11 is 0. The number of hydrogen-bond donors (Lipinski definition) is 1. The monoisotopic (exact) mass is 475 g/mol. The summed E-state index contributed by atoms with van der Waals surface area (Å²) in [6.45, 7) is 7.98.